The number of carbonyl (C=O) groups excluding carboxylic acids is 1. The molecule has 2 unspecified atom stereocenters. The third-order valence-electron chi connectivity index (χ3n) is 8.46. The predicted molar refractivity (Wildman–Crippen MR) is 97.4 cm³/mol. The van der Waals surface area contributed by atoms with Crippen LogP contribution in [0.3, 0.4) is 0 Å². The molecule has 1 saturated carbocycles. The largest absolute Gasteiger partial charge is 0.549 e. The number of nitrogens with one attached hydrogen (secondary N) is 1. The smallest absolute Gasteiger partial charge is 0.210 e. The zero-order valence-electron chi connectivity index (χ0n) is 15.7. The van der Waals surface area contributed by atoms with E-state index in [0.717, 1.165) is 23.4 Å². The van der Waals surface area contributed by atoms with Gasteiger partial charge in [0.25, 0.3) is 0 Å². The third kappa shape index (κ3) is 1.45. The zero-order chi connectivity index (χ0) is 19.2. The fourth-order valence-corrected chi connectivity index (χ4v) is 7.52. The lowest BCUT2D eigenvalue weighted by Gasteiger charge is -2.60. The molecule has 6 heteroatoms. The molecular formula is C21H26N2O4. The fraction of sp³-hybridized carbons (Fsp3) is 0.571. The van der Waals surface area contributed by atoms with Crippen molar-refractivity contribution in [3.05, 3.63) is 41.5 Å². The molecule has 4 fully saturated rings. The Kier molecular flexibility index (Phi) is 3.14. The maximum Gasteiger partial charge on any atom is 0.210 e. The first-order valence-electron chi connectivity index (χ1n) is 9.72. The lowest BCUT2D eigenvalue weighted by Crippen LogP contribution is -2.79. The molecule has 4 heterocycles. The van der Waals surface area contributed by atoms with Crippen LogP contribution in [-0.2, 0) is 10.2 Å². The van der Waals surface area contributed by atoms with Gasteiger partial charge in [-0.2, -0.15) is 0 Å². The number of benzene rings is 1. The maximum atomic E-state index is 12.8. The molecular weight excluding hydrogens is 344 g/mol. The second-order valence-corrected chi connectivity index (χ2v) is 8.95. The van der Waals surface area contributed by atoms with E-state index in [0.29, 0.717) is 23.9 Å². The number of aliphatic hydroxyl groups excluding tert-OH is 2. The van der Waals surface area contributed by atoms with Crippen LogP contribution in [0.2, 0.25) is 0 Å². The van der Waals surface area contributed by atoms with E-state index in [1.54, 1.807) is 0 Å². The van der Waals surface area contributed by atoms with Crippen molar-refractivity contribution in [2.24, 2.45) is 11.3 Å². The van der Waals surface area contributed by atoms with Gasteiger partial charge in [-0.25, -0.2) is 0 Å². The number of likely N-dealkylation sites (N-methyl/N-ethyl adjacent to an activating group) is 1. The normalized spacial score (nSPS) is 48.1. The SMILES string of the molecule is C/C=C1/C[N+]2(C)CC[C@@]34c5ccccc5N[C@]32[C@@H](O)C[C@@H]1C4(CO)C(=O)[O-]. The summed E-state index contributed by atoms with van der Waals surface area (Å²) in [5.74, 6) is -1.66. The van der Waals surface area contributed by atoms with E-state index >= 15 is 0 Å². The highest BCUT2D eigenvalue weighted by Crippen LogP contribution is 2.73. The summed E-state index contributed by atoms with van der Waals surface area (Å²) in [6, 6.07) is 7.74. The Morgan fingerprint density at radius 2 is 2.19 bits per heavy atom. The van der Waals surface area contributed by atoms with E-state index in [1.807, 2.05) is 37.3 Å². The van der Waals surface area contributed by atoms with Gasteiger partial charge in [-0.05, 0) is 30.5 Å². The minimum atomic E-state index is -1.47. The molecule has 4 bridgehead atoms. The first-order chi connectivity index (χ1) is 12.8. The third-order valence-corrected chi connectivity index (χ3v) is 8.46. The van der Waals surface area contributed by atoms with Crippen molar-refractivity contribution >= 4 is 11.7 Å². The Morgan fingerprint density at radius 1 is 1.44 bits per heavy atom. The number of allylic oxidation sites excluding steroid dienone is 1. The number of hydrogen-bond donors (Lipinski definition) is 3. The van der Waals surface area contributed by atoms with Gasteiger partial charge >= 0.3 is 0 Å². The van der Waals surface area contributed by atoms with Gasteiger partial charge in [0.15, 0.2) is 0 Å². The molecule has 1 aliphatic carbocycles. The van der Waals surface area contributed by atoms with Crippen LogP contribution in [0.25, 0.3) is 0 Å². The Balaban J connectivity index is 1.97. The van der Waals surface area contributed by atoms with E-state index in [2.05, 4.69) is 12.4 Å². The van der Waals surface area contributed by atoms with Gasteiger partial charge in [0.2, 0.25) is 5.66 Å². The summed E-state index contributed by atoms with van der Waals surface area (Å²) in [6.45, 7) is 2.82. The van der Waals surface area contributed by atoms with Crippen LogP contribution in [0.15, 0.2) is 35.9 Å². The van der Waals surface area contributed by atoms with E-state index in [-0.39, 0.29) is 0 Å². The van der Waals surface area contributed by atoms with Crippen molar-refractivity contribution in [2.75, 3.05) is 32.1 Å². The summed E-state index contributed by atoms with van der Waals surface area (Å²) < 4.78 is 0.522. The fourth-order valence-electron chi connectivity index (χ4n) is 7.52. The van der Waals surface area contributed by atoms with Gasteiger partial charge < -0.3 is 25.4 Å². The molecule has 27 heavy (non-hydrogen) atoms. The molecule has 0 aromatic heterocycles. The van der Waals surface area contributed by atoms with E-state index in [1.165, 1.54) is 0 Å². The number of carboxylic acids is 1. The Labute approximate surface area is 158 Å². The molecule has 3 N–H and O–H groups in total. The summed E-state index contributed by atoms with van der Waals surface area (Å²) in [4.78, 5) is 12.8. The lowest BCUT2D eigenvalue weighted by molar-refractivity contribution is -0.944. The topological polar surface area (TPSA) is 92.6 Å². The lowest BCUT2D eigenvalue weighted by atomic mass is 9.45. The average molecular weight is 370 g/mol. The van der Waals surface area contributed by atoms with Gasteiger partial charge in [0, 0.05) is 18.0 Å². The highest BCUT2D eigenvalue weighted by Gasteiger charge is 2.86. The first-order valence-corrected chi connectivity index (χ1v) is 9.72. The van der Waals surface area contributed by atoms with Crippen LogP contribution in [0.5, 0.6) is 0 Å². The summed E-state index contributed by atoms with van der Waals surface area (Å²) in [6.07, 6.45) is 2.16. The minimum absolute atomic E-state index is 0.310. The maximum absolute atomic E-state index is 12.8. The van der Waals surface area contributed by atoms with Crippen molar-refractivity contribution in [3.63, 3.8) is 0 Å². The number of aliphatic carboxylic acids is 1. The van der Waals surface area contributed by atoms with Gasteiger partial charge in [0.1, 0.15) is 12.6 Å². The van der Waals surface area contributed by atoms with Gasteiger partial charge in [-0.15, -0.1) is 0 Å². The molecule has 6 atom stereocenters. The molecule has 1 aromatic carbocycles. The second kappa shape index (κ2) is 4.93. The van der Waals surface area contributed by atoms with Crippen molar-refractivity contribution in [2.45, 2.75) is 36.9 Å². The molecule has 1 spiro atoms. The average Bonchev–Trinajstić information content (AvgIpc) is 3.06. The van der Waals surface area contributed by atoms with Gasteiger partial charge in [-0.1, -0.05) is 24.3 Å². The number of quaternary nitrogens is 1. The molecule has 0 radical (unpaired) electrons. The number of carbonyl (C=O) groups is 1. The number of para-hydroxylation sites is 1. The zero-order valence-corrected chi connectivity index (χ0v) is 15.7. The van der Waals surface area contributed by atoms with E-state index in [9.17, 15) is 20.1 Å². The highest BCUT2D eigenvalue weighted by molar-refractivity contribution is 5.82. The van der Waals surface area contributed by atoms with Gasteiger partial charge in [-0.3, -0.25) is 4.48 Å². The number of fused-ring (bicyclic) bond motifs is 3. The molecule has 6 rings (SSSR count). The van der Waals surface area contributed by atoms with E-state index in [4.69, 9.17) is 0 Å². The van der Waals surface area contributed by atoms with Crippen molar-refractivity contribution < 1.29 is 24.6 Å². The van der Waals surface area contributed by atoms with Crippen LogP contribution >= 0.6 is 0 Å². The van der Waals surface area contributed by atoms with Crippen LogP contribution < -0.4 is 10.4 Å². The molecule has 144 valence electrons. The summed E-state index contributed by atoms with van der Waals surface area (Å²) in [5, 5.41) is 38.6. The molecule has 4 aliphatic heterocycles. The predicted octanol–water partition coefficient (Wildman–Crippen LogP) is -0.0342. The first kappa shape index (κ1) is 17.2. The van der Waals surface area contributed by atoms with Crippen LogP contribution in [0, 0.1) is 11.3 Å². The Hall–Kier alpha value is -1.89. The number of aliphatic hydroxyl groups is 2. The number of rotatable bonds is 2. The molecule has 0 amide bonds. The van der Waals surface area contributed by atoms with Crippen molar-refractivity contribution in [1.29, 1.82) is 0 Å². The highest BCUT2D eigenvalue weighted by atomic mass is 16.4. The summed E-state index contributed by atoms with van der Waals surface area (Å²) in [5.41, 5.74) is -0.526. The minimum Gasteiger partial charge on any atom is -0.549 e. The summed E-state index contributed by atoms with van der Waals surface area (Å²) >= 11 is 0. The quantitative estimate of drug-likeness (QED) is 0.502. The number of anilines is 1. The Morgan fingerprint density at radius 3 is 2.85 bits per heavy atom. The number of carboxylic acid groups (broad SMARTS) is 1. The van der Waals surface area contributed by atoms with Crippen LogP contribution in [0.1, 0.15) is 25.3 Å². The standard InChI is InChI=1S/C21H26N2O4/c1-3-13-11-23(2)9-8-20-14-6-4-5-7-16(14)22-21(20,23)17(25)10-15(13)19(20,12-24)18(26)27/h3-7,15,17,22,24-25H,8-12H2,1-2H3/b13-3-/t15-,17-,19?,20-,21-,23?/m0/s1. The Bertz CT molecular complexity index is 885. The van der Waals surface area contributed by atoms with Crippen molar-refractivity contribution in [1.82, 2.24) is 0 Å². The molecule has 6 nitrogen and oxygen atoms in total. The summed E-state index contributed by atoms with van der Waals surface area (Å²) in [7, 11) is 2.11. The van der Waals surface area contributed by atoms with Gasteiger partial charge in [0.05, 0.1) is 37.0 Å². The van der Waals surface area contributed by atoms with Crippen molar-refractivity contribution in [3.8, 4) is 0 Å². The monoisotopic (exact) mass is 370 g/mol. The van der Waals surface area contributed by atoms with Crippen LogP contribution in [-0.4, -0.2) is 59.2 Å². The second-order valence-electron chi connectivity index (χ2n) is 8.95. The molecule has 1 aromatic rings. The molecule has 3 saturated heterocycles. The number of nitrogens with zero attached hydrogens (tertiary/aromatic N) is 1. The number of hydrogen-bond acceptors (Lipinski definition) is 5. The van der Waals surface area contributed by atoms with Crippen LogP contribution in [0.4, 0.5) is 5.69 Å². The molecule has 5 aliphatic rings. The van der Waals surface area contributed by atoms with E-state index < -0.39 is 41.1 Å².